The number of ether oxygens (including phenoxy) is 1. The van der Waals surface area contributed by atoms with Crippen LogP contribution in [-0.4, -0.2) is 46.9 Å². The highest BCUT2D eigenvalue weighted by molar-refractivity contribution is 6.01. The van der Waals surface area contributed by atoms with Crippen molar-refractivity contribution in [1.82, 2.24) is 10.2 Å². The number of hydrogen-bond acceptors (Lipinski definition) is 6. The van der Waals surface area contributed by atoms with E-state index in [2.05, 4.69) is 10.6 Å². The van der Waals surface area contributed by atoms with Crippen molar-refractivity contribution >= 4 is 40.3 Å². The van der Waals surface area contributed by atoms with Gasteiger partial charge >= 0.3 is 6.09 Å². The molecule has 2 atom stereocenters. The van der Waals surface area contributed by atoms with E-state index in [0.29, 0.717) is 11.3 Å². The van der Waals surface area contributed by atoms with Crippen LogP contribution in [0.4, 0.5) is 10.5 Å². The Labute approximate surface area is 245 Å². The molecule has 4 amide bonds. The maximum atomic E-state index is 14.1. The maximum absolute atomic E-state index is 14.1. The fourth-order valence-electron chi connectivity index (χ4n) is 4.73. The first-order valence-electron chi connectivity index (χ1n) is 13.6. The maximum Gasteiger partial charge on any atom is 0.408 e. The van der Waals surface area contributed by atoms with Crippen LogP contribution in [-0.2, 0) is 19.1 Å². The second-order valence-corrected chi connectivity index (χ2v) is 11.1. The number of primary amides is 1. The average molecular weight is 572 g/mol. The zero-order valence-corrected chi connectivity index (χ0v) is 24.6. The molecule has 3 rings (SSSR count). The minimum atomic E-state index is -1.29. The largest absolute Gasteiger partial charge is 0.444 e. The van der Waals surface area contributed by atoms with E-state index in [1.807, 2.05) is 74.5 Å². The van der Waals surface area contributed by atoms with Gasteiger partial charge in [-0.2, -0.15) is 5.26 Å². The van der Waals surface area contributed by atoms with E-state index in [9.17, 15) is 24.4 Å². The topological polar surface area (TPSA) is 155 Å². The van der Waals surface area contributed by atoms with Crippen LogP contribution in [0.1, 0.15) is 56.3 Å². The molecular weight excluding hydrogens is 534 g/mol. The molecule has 10 nitrogen and oxygen atoms in total. The quantitative estimate of drug-likeness (QED) is 0.301. The minimum Gasteiger partial charge on any atom is -0.444 e. The summed E-state index contributed by atoms with van der Waals surface area (Å²) in [5, 5.41) is 17.1. The predicted octanol–water partition coefficient (Wildman–Crippen LogP) is 4.65. The lowest BCUT2D eigenvalue weighted by Gasteiger charge is -2.34. The second kappa shape index (κ2) is 13.6. The van der Waals surface area contributed by atoms with Crippen LogP contribution in [0.3, 0.4) is 0 Å². The number of amides is 4. The van der Waals surface area contributed by atoms with E-state index in [0.717, 1.165) is 26.8 Å². The lowest BCUT2D eigenvalue weighted by atomic mass is 9.93. The second-order valence-electron chi connectivity index (χ2n) is 11.1. The number of carbonyl (C=O) groups excluding carboxylic acids is 4. The Balaban J connectivity index is 2.06. The summed E-state index contributed by atoms with van der Waals surface area (Å²) in [6.07, 6.45) is -1.25. The van der Waals surface area contributed by atoms with Crippen LogP contribution in [0.15, 0.2) is 60.7 Å². The highest BCUT2D eigenvalue weighted by Gasteiger charge is 2.37. The molecule has 0 aliphatic carbocycles. The van der Waals surface area contributed by atoms with Crippen molar-refractivity contribution in [2.24, 2.45) is 5.73 Å². The molecule has 0 bridgehead atoms. The summed E-state index contributed by atoms with van der Waals surface area (Å²) in [4.78, 5) is 53.6. The van der Waals surface area contributed by atoms with Crippen LogP contribution in [0.5, 0.6) is 0 Å². The van der Waals surface area contributed by atoms with Crippen LogP contribution in [0, 0.1) is 25.2 Å². The van der Waals surface area contributed by atoms with Gasteiger partial charge in [-0.3, -0.25) is 14.4 Å². The number of benzene rings is 3. The van der Waals surface area contributed by atoms with Gasteiger partial charge in [-0.15, -0.1) is 0 Å². The van der Waals surface area contributed by atoms with Gasteiger partial charge < -0.3 is 26.0 Å². The number of nitrogens with zero attached hydrogens (tertiary/aromatic N) is 2. The summed E-state index contributed by atoms with van der Waals surface area (Å²) in [5.41, 5.74) is 7.02. The van der Waals surface area contributed by atoms with Crippen molar-refractivity contribution < 1.29 is 23.9 Å². The highest BCUT2D eigenvalue weighted by atomic mass is 16.6. The van der Waals surface area contributed by atoms with Gasteiger partial charge in [-0.05, 0) is 80.6 Å². The van der Waals surface area contributed by atoms with Gasteiger partial charge in [-0.25, -0.2) is 4.79 Å². The Morgan fingerprint density at radius 2 is 1.62 bits per heavy atom. The van der Waals surface area contributed by atoms with Crippen molar-refractivity contribution in [3.63, 3.8) is 0 Å². The minimum absolute atomic E-state index is 0.152. The number of fused-ring (bicyclic) bond motifs is 1. The van der Waals surface area contributed by atoms with Gasteiger partial charge in [0.2, 0.25) is 11.8 Å². The Morgan fingerprint density at radius 3 is 2.21 bits per heavy atom. The van der Waals surface area contributed by atoms with Crippen molar-refractivity contribution in [2.75, 3.05) is 11.9 Å². The van der Waals surface area contributed by atoms with Crippen LogP contribution in [0.25, 0.3) is 10.8 Å². The number of hydrogen-bond donors (Lipinski definition) is 3. The zero-order chi connectivity index (χ0) is 31.0. The molecule has 42 heavy (non-hydrogen) atoms. The standard InChI is InChI=1S/C32H37N5O5/c1-20-9-8-10-21(2)27(20)28(29(39)35-24-14-13-22-11-6-7-12-23(22)19-24)37(18-17-33)30(40)25(15-16-26(34)38)36-31(41)42-32(3,4)5/h6-14,19,25,28H,15-16,18H2,1-5H3,(H2,34,38)(H,35,39)(H,36,41). The van der Waals surface area contributed by atoms with Crippen LogP contribution >= 0.6 is 0 Å². The van der Waals surface area contributed by atoms with Gasteiger partial charge in [0, 0.05) is 12.1 Å². The van der Waals surface area contributed by atoms with E-state index < -0.39 is 48.0 Å². The summed E-state index contributed by atoms with van der Waals surface area (Å²) >= 11 is 0. The normalized spacial score (nSPS) is 12.5. The zero-order valence-electron chi connectivity index (χ0n) is 24.6. The van der Waals surface area contributed by atoms with Crippen molar-refractivity contribution in [1.29, 1.82) is 5.26 Å². The van der Waals surface area contributed by atoms with Gasteiger partial charge in [-0.1, -0.05) is 48.5 Å². The molecule has 4 N–H and O–H groups in total. The van der Waals surface area contributed by atoms with Gasteiger partial charge in [0.1, 0.15) is 24.2 Å². The van der Waals surface area contributed by atoms with Crippen molar-refractivity contribution in [3.05, 3.63) is 77.4 Å². The molecule has 0 saturated carbocycles. The number of nitrogens with two attached hydrogens (primary N) is 1. The Morgan fingerprint density at radius 1 is 0.976 bits per heavy atom. The molecule has 0 fully saturated rings. The van der Waals surface area contributed by atoms with E-state index in [-0.39, 0.29) is 12.8 Å². The average Bonchev–Trinajstić information content (AvgIpc) is 2.90. The summed E-state index contributed by atoms with van der Waals surface area (Å²) in [6, 6.07) is 18.1. The third kappa shape index (κ3) is 8.30. The molecule has 220 valence electrons. The van der Waals surface area contributed by atoms with E-state index in [1.54, 1.807) is 26.8 Å². The molecule has 0 aliphatic rings. The summed E-state index contributed by atoms with van der Waals surface area (Å²) in [6.45, 7) is 8.18. The first-order chi connectivity index (χ1) is 19.8. The monoisotopic (exact) mass is 571 g/mol. The van der Waals surface area contributed by atoms with Crippen molar-refractivity contribution in [2.45, 2.75) is 65.1 Å². The molecule has 0 spiro atoms. The molecule has 3 aromatic rings. The lowest BCUT2D eigenvalue weighted by molar-refractivity contribution is -0.140. The fraction of sp³-hybridized carbons (Fsp3) is 0.344. The van der Waals surface area contributed by atoms with E-state index >= 15 is 0 Å². The Bertz CT molecular complexity index is 1500. The SMILES string of the molecule is Cc1cccc(C)c1C(C(=O)Nc1ccc2ccccc2c1)N(CC#N)C(=O)C(CCC(N)=O)NC(=O)OC(C)(C)C. The molecule has 0 heterocycles. The van der Waals surface area contributed by atoms with Gasteiger partial charge in [0.15, 0.2) is 0 Å². The molecule has 0 aromatic heterocycles. The number of carbonyl (C=O) groups is 4. The predicted molar refractivity (Wildman–Crippen MR) is 160 cm³/mol. The van der Waals surface area contributed by atoms with E-state index in [4.69, 9.17) is 10.5 Å². The molecule has 0 radical (unpaired) electrons. The molecule has 0 saturated heterocycles. The molecule has 2 unspecified atom stereocenters. The lowest BCUT2D eigenvalue weighted by Crippen LogP contribution is -2.53. The summed E-state index contributed by atoms with van der Waals surface area (Å²) < 4.78 is 5.33. The number of nitrogens with one attached hydrogen (secondary N) is 2. The fourth-order valence-corrected chi connectivity index (χ4v) is 4.73. The van der Waals surface area contributed by atoms with E-state index in [1.165, 1.54) is 0 Å². The highest BCUT2D eigenvalue weighted by Crippen LogP contribution is 2.30. The van der Waals surface area contributed by atoms with Gasteiger partial charge in [0.25, 0.3) is 5.91 Å². The number of alkyl carbamates (subject to hydrolysis) is 1. The molecule has 3 aromatic carbocycles. The molecular formula is C32H37N5O5. The Kier molecular flexibility index (Phi) is 10.3. The molecule has 0 aliphatic heterocycles. The van der Waals surface area contributed by atoms with Crippen LogP contribution < -0.4 is 16.4 Å². The first kappa shape index (κ1) is 31.6. The number of rotatable bonds is 10. The molecule has 10 heteroatoms. The number of anilines is 1. The third-order valence-corrected chi connectivity index (χ3v) is 6.59. The van der Waals surface area contributed by atoms with Crippen LogP contribution in [0.2, 0.25) is 0 Å². The Hall–Kier alpha value is -4.91. The van der Waals surface area contributed by atoms with Gasteiger partial charge in [0.05, 0.1) is 6.07 Å². The number of nitriles is 1. The van der Waals surface area contributed by atoms with Crippen molar-refractivity contribution in [3.8, 4) is 6.07 Å². The summed E-state index contributed by atoms with van der Waals surface area (Å²) in [7, 11) is 0. The number of aryl methyl sites for hydroxylation is 2. The first-order valence-corrected chi connectivity index (χ1v) is 13.6. The third-order valence-electron chi connectivity index (χ3n) is 6.59. The smallest absolute Gasteiger partial charge is 0.408 e. The summed E-state index contributed by atoms with van der Waals surface area (Å²) in [5.74, 6) is -1.95.